The molecule has 0 bridgehead atoms. The van der Waals surface area contributed by atoms with Crippen LogP contribution in [0.25, 0.3) is 0 Å². The molecule has 0 amide bonds. The van der Waals surface area contributed by atoms with E-state index in [1.54, 1.807) is 0 Å². The SMILES string of the molecule is O=S([O-])([O-])=[S+]CCCO.[Na+].[Na+]. The summed E-state index contributed by atoms with van der Waals surface area (Å²) in [5, 5.41) is 8.15. The average Bonchev–Trinajstić information content (AvgIpc) is 1.63. The van der Waals surface area contributed by atoms with Gasteiger partial charge in [-0.2, -0.15) is 0 Å². The van der Waals surface area contributed by atoms with E-state index in [1.807, 2.05) is 0 Å². The number of aliphatic hydroxyl groups excluding tert-OH is 1. The summed E-state index contributed by atoms with van der Waals surface area (Å²) >= 11 is 0. The van der Waals surface area contributed by atoms with Crippen LogP contribution in [0, 0.1) is 0 Å². The monoisotopic (exact) mass is 217 g/mol. The normalized spacial score (nSPS) is 9.36. The van der Waals surface area contributed by atoms with Crippen LogP contribution in [0.1, 0.15) is 6.42 Å². The Hall–Kier alpha value is 2.25. The van der Waals surface area contributed by atoms with E-state index in [1.165, 1.54) is 0 Å². The molecule has 0 aromatic carbocycles. The van der Waals surface area contributed by atoms with Gasteiger partial charge in [-0.1, -0.05) is 0 Å². The molecule has 11 heavy (non-hydrogen) atoms. The molecule has 0 rings (SSSR count). The summed E-state index contributed by atoms with van der Waals surface area (Å²) in [5.74, 6) is 0.169. The van der Waals surface area contributed by atoms with Crippen LogP contribution in [0.15, 0.2) is 0 Å². The minimum absolute atomic E-state index is 0. The molecule has 0 radical (unpaired) electrons. The first-order valence-corrected chi connectivity index (χ1v) is 5.18. The molecule has 8 heteroatoms. The van der Waals surface area contributed by atoms with Gasteiger partial charge in [0.2, 0.25) is 10.3 Å². The van der Waals surface area contributed by atoms with E-state index in [9.17, 15) is 13.3 Å². The van der Waals surface area contributed by atoms with Crippen LogP contribution in [-0.2, 0) is 19.4 Å². The molecule has 0 spiro atoms. The molecule has 0 fully saturated rings. The minimum atomic E-state index is -4.14. The van der Waals surface area contributed by atoms with Gasteiger partial charge in [-0.25, -0.2) is 4.21 Å². The van der Waals surface area contributed by atoms with Gasteiger partial charge in [-0.15, -0.1) is 0 Å². The molecule has 0 atom stereocenters. The Labute approximate surface area is 114 Å². The maximum atomic E-state index is 9.83. The zero-order valence-electron chi connectivity index (χ0n) is 6.61. The van der Waals surface area contributed by atoms with Gasteiger partial charge in [0, 0.05) is 13.0 Å². The third-order valence-corrected chi connectivity index (χ3v) is 2.64. The molecule has 0 aliphatic carbocycles. The third kappa shape index (κ3) is 18.9. The minimum Gasteiger partial charge on any atom is -0.746 e. The van der Waals surface area contributed by atoms with Crippen molar-refractivity contribution in [3.8, 4) is 0 Å². The fraction of sp³-hybridized carbons (Fsp3) is 1.00. The molecule has 0 aromatic heterocycles. The smallest absolute Gasteiger partial charge is 0.746 e. The molecule has 0 heterocycles. The van der Waals surface area contributed by atoms with Crippen LogP contribution in [0.2, 0.25) is 0 Å². The fourth-order valence-electron chi connectivity index (χ4n) is 0.226. The molecule has 0 aromatic rings. The molecular formula is C3H7Na2O4S2+. The molecular weight excluding hydrogens is 210 g/mol. The van der Waals surface area contributed by atoms with E-state index in [-0.39, 0.29) is 71.5 Å². The second-order valence-electron chi connectivity index (χ2n) is 1.31. The van der Waals surface area contributed by atoms with Crippen molar-refractivity contribution in [3.05, 3.63) is 0 Å². The van der Waals surface area contributed by atoms with Gasteiger partial charge in [0.05, 0.1) is 9.05 Å². The van der Waals surface area contributed by atoms with Gasteiger partial charge in [0.25, 0.3) is 0 Å². The average molecular weight is 217 g/mol. The second kappa shape index (κ2) is 10.3. The maximum absolute atomic E-state index is 9.83. The van der Waals surface area contributed by atoms with Crippen molar-refractivity contribution in [2.75, 3.05) is 12.4 Å². The predicted octanol–water partition coefficient (Wildman–Crippen LogP) is -7.08. The van der Waals surface area contributed by atoms with Crippen molar-refractivity contribution in [2.24, 2.45) is 0 Å². The topological polar surface area (TPSA) is 83.4 Å². The van der Waals surface area contributed by atoms with Crippen LogP contribution >= 0.6 is 0 Å². The van der Waals surface area contributed by atoms with Gasteiger partial charge in [0.15, 0.2) is 5.75 Å². The molecule has 0 unspecified atom stereocenters. The van der Waals surface area contributed by atoms with Crippen molar-refractivity contribution in [1.82, 2.24) is 0 Å². The quantitative estimate of drug-likeness (QED) is 0.289. The van der Waals surface area contributed by atoms with Crippen LogP contribution in [0.3, 0.4) is 0 Å². The standard InChI is InChI=1S/C3H8O4S2.2Na/c4-2-1-3-8-9(5,6)7;;/h4H,1-3H2,(H-,5,6,7);;/q;2*+1/p-1. The zero-order chi connectivity index (χ0) is 7.33. The van der Waals surface area contributed by atoms with Crippen molar-refractivity contribution in [2.45, 2.75) is 6.42 Å². The maximum Gasteiger partial charge on any atom is 1.00 e. The van der Waals surface area contributed by atoms with E-state index in [0.717, 1.165) is 0 Å². The van der Waals surface area contributed by atoms with Gasteiger partial charge < -0.3 is 14.2 Å². The predicted molar refractivity (Wildman–Crippen MR) is 33.6 cm³/mol. The Kier molecular flexibility index (Phi) is 17.8. The first-order valence-electron chi connectivity index (χ1n) is 2.27. The molecule has 0 saturated carbocycles. The summed E-state index contributed by atoms with van der Waals surface area (Å²) in [6, 6.07) is 0. The molecule has 0 aliphatic rings. The van der Waals surface area contributed by atoms with E-state index in [0.29, 0.717) is 16.7 Å². The number of aliphatic hydroxyl groups is 1. The Bertz CT molecular complexity index is 168. The van der Waals surface area contributed by atoms with Crippen LogP contribution in [0.4, 0.5) is 0 Å². The number of rotatable bonds is 3. The van der Waals surface area contributed by atoms with Crippen molar-refractivity contribution in [3.63, 3.8) is 0 Å². The molecule has 56 valence electrons. The van der Waals surface area contributed by atoms with E-state index in [2.05, 4.69) is 0 Å². The van der Waals surface area contributed by atoms with Gasteiger partial charge in [-0.05, 0) is 0 Å². The molecule has 0 saturated heterocycles. The van der Waals surface area contributed by atoms with E-state index >= 15 is 0 Å². The van der Waals surface area contributed by atoms with Gasteiger partial charge in [0.1, 0.15) is 0 Å². The Balaban J connectivity index is -0.000000320. The summed E-state index contributed by atoms with van der Waals surface area (Å²) in [7, 11) is -3.83. The van der Waals surface area contributed by atoms with Crippen molar-refractivity contribution < 1.29 is 77.5 Å². The van der Waals surface area contributed by atoms with Crippen molar-refractivity contribution >= 4 is 19.4 Å². The Morgan fingerprint density at radius 3 is 2.09 bits per heavy atom. The zero-order valence-corrected chi connectivity index (χ0v) is 12.2. The van der Waals surface area contributed by atoms with Crippen LogP contribution in [-0.4, -0.2) is 30.8 Å². The van der Waals surface area contributed by atoms with Gasteiger partial charge in [-0.3, -0.25) is 0 Å². The third-order valence-electron chi connectivity index (χ3n) is 0.530. The first-order chi connectivity index (χ1) is 4.06. The van der Waals surface area contributed by atoms with Crippen LogP contribution < -0.4 is 59.1 Å². The Morgan fingerprint density at radius 1 is 1.36 bits per heavy atom. The summed E-state index contributed by atoms with van der Waals surface area (Å²) in [6.07, 6.45) is 0.339. The van der Waals surface area contributed by atoms with E-state index in [4.69, 9.17) is 5.11 Å². The summed E-state index contributed by atoms with van der Waals surface area (Å²) < 4.78 is 29.5. The molecule has 4 nitrogen and oxygen atoms in total. The van der Waals surface area contributed by atoms with Gasteiger partial charge >= 0.3 is 59.1 Å². The van der Waals surface area contributed by atoms with Crippen LogP contribution in [0.5, 0.6) is 0 Å². The van der Waals surface area contributed by atoms with E-state index < -0.39 is 9.05 Å². The fourth-order valence-corrected chi connectivity index (χ4v) is 1.64. The molecule has 1 N–H and O–H groups in total. The Morgan fingerprint density at radius 2 is 1.82 bits per heavy atom. The largest absolute Gasteiger partial charge is 1.00 e. The summed E-state index contributed by atoms with van der Waals surface area (Å²) in [5.41, 5.74) is 0. The number of hydrogen-bond acceptors (Lipinski definition) is 4. The summed E-state index contributed by atoms with van der Waals surface area (Å²) in [4.78, 5) is 0. The second-order valence-corrected chi connectivity index (χ2v) is 4.70. The summed E-state index contributed by atoms with van der Waals surface area (Å²) in [6.45, 7) is -0.0808. The molecule has 0 aliphatic heterocycles. The van der Waals surface area contributed by atoms with Crippen molar-refractivity contribution in [1.29, 1.82) is 0 Å². The first kappa shape index (κ1) is 18.9. The number of hydrogen-bond donors (Lipinski definition) is 1.